The van der Waals surface area contributed by atoms with Gasteiger partial charge in [0.25, 0.3) is 0 Å². The van der Waals surface area contributed by atoms with Gasteiger partial charge in [0.2, 0.25) is 15.9 Å². The molecule has 1 fully saturated rings. The fraction of sp³-hybridized carbons (Fsp3) is 0.478. The number of hydrogen-bond donors (Lipinski definition) is 0. The van der Waals surface area contributed by atoms with Gasteiger partial charge in [-0.05, 0) is 48.6 Å². The lowest BCUT2D eigenvalue weighted by molar-refractivity contribution is -0.116. The normalized spacial score (nSPS) is 23.2. The number of nitrogens with zero attached hydrogens (tertiary/aromatic N) is 4. The third-order valence-corrected chi connectivity index (χ3v) is 7.66. The van der Waals surface area contributed by atoms with Crippen LogP contribution in [0.25, 0.3) is 0 Å². The highest BCUT2D eigenvalue weighted by molar-refractivity contribution is 7.88. The molecule has 8 heteroatoms. The summed E-state index contributed by atoms with van der Waals surface area (Å²) in [6, 6.07) is 11.9. The number of fused-ring (bicyclic) bond motifs is 3. The van der Waals surface area contributed by atoms with Crippen molar-refractivity contribution in [1.82, 2.24) is 14.2 Å². The van der Waals surface area contributed by atoms with Crippen molar-refractivity contribution in [3.63, 3.8) is 0 Å². The quantitative estimate of drug-likeness (QED) is 0.731. The number of carbonyl (C=O) groups excluding carboxylic acids is 1. The van der Waals surface area contributed by atoms with Crippen molar-refractivity contribution >= 4 is 21.6 Å². The van der Waals surface area contributed by atoms with Crippen molar-refractivity contribution in [3.05, 3.63) is 59.9 Å². The molecule has 4 rings (SSSR count). The summed E-state index contributed by atoms with van der Waals surface area (Å²) in [5.41, 5.74) is 3.13. The maximum Gasteiger partial charge on any atom is 0.223 e. The summed E-state index contributed by atoms with van der Waals surface area (Å²) in [5, 5.41) is 0. The van der Waals surface area contributed by atoms with Crippen LogP contribution < -0.4 is 4.90 Å². The molecule has 2 aliphatic rings. The van der Waals surface area contributed by atoms with E-state index in [-0.39, 0.29) is 18.0 Å². The Labute approximate surface area is 184 Å². The van der Waals surface area contributed by atoms with Gasteiger partial charge in [-0.1, -0.05) is 18.2 Å². The maximum absolute atomic E-state index is 12.7. The first-order valence-electron chi connectivity index (χ1n) is 10.8. The monoisotopic (exact) mass is 442 g/mol. The van der Waals surface area contributed by atoms with Crippen molar-refractivity contribution in [3.8, 4) is 0 Å². The van der Waals surface area contributed by atoms with E-state index in [0.29, 0.717) is 32.6 Å². The third kappa shape index (κ3) is 4.97. The first-order chi connectivity index (χ1) is 14.8. The van der Waals surface area contributed by atoms with Crippen molar-refractivity contribution in [1.29, 1.82) is 0 Å². The second-order valence-corrected chi connectivity index (χ2v) is 10.5. The van der Waals surface area contributed by atoms with Crippen molar-refractivity contribution < 1.29 is 13.2 Å². The van der Waals surface area contributed by atoms with Crippen LogP contribution in [0, 0.1) is 0 Å². The predicted octanol–water partition coefficient (Wildman–Crippen LogP) is 2.63. The van der Waals surface area contributed by atoms with Crippen LogP contribution in [0.1, 0.15) is 37.3 Å². The Bertz CT molecular complexity index is 1030. The SMILES string of the molecule is CC(=O)N1CC[C@H]2CC[C@@H](CN(Cc3ccncc3)Cc3ccccc31)N2S(C)(=O)=O. The highest BCUT2D eigenvalue weighted by Crippen LogP contribution is 2.33. The second kappa shape index (κ2) is 9.06. The summed E-state index contributed by atoms with van der Waals surface area (Å²) < 4.78 is 27.1. The fourth-order valence-corrected chi connectivity index (χ4v) is 6.49. The number of para-hydroxylation sites is 1. The number of sulfonamides is 1. The van der Waals surface area contributed by atoms with Gasteiger partial charge in [0.1, 0.15) is 0 Å². The molecule has 0 radical (unpaired) electrons. The van der Waals surface area contributed by atoms with Crippen molar-refractivity contribution in [2.45, 2.75) is 51.4 Å². The van der Waals surface area contributed by atoms with Gasteiger partial charge >= 0.3 is 0 Å². The molecule has 1 saturated heterocycles. The van der Waals surface area contributed by atoms with E-state index in [1.165, 1.54) is 6.26 Å². The van der Waals surface area contributed by atoms with Crippen LogP contribution in [0.3, 0.4) is 0 Å². The van der Waals surface area contributed by atoms with Gasteiger partial charge in [0.15, 0.2) is 0 Å². The van der Waals surface area contributed by atoms with E-state index in [0.717, 1.165) is 29.7 Å². The molecular weight excluding hydrogens is 412 g/mol. The number of aromatic nitrogens is 1. The Hall–Kier alpha value is -2.29. The summed E-state index contributed by atoms with van der Waals surface area (Å²) in [5.74, 6) is -0.0205. The molecule has 0 aliphatic carbocycles. The molecule has 0 saturated carbocycles. The van der Waals surface area contributed by atoms with Gasteiger partial charge in [-0.2, -0.15) is 4.31 Å². The lowest BCUT2D eigenvalue weighted by Gasteiger charge is -2.32. The number of anilines is 1. The summed E-state index contributed by atoms with van der Waals surface area (Å²) in [7, 11) is -3.35. The van der Waals surface area contributed by atoms with E-state index in [9.17, 15) is 13.2 Å². The number of carbonyl (C=O) groups is 1. The molecule has 1 aromatic heterocycles. The molecule has 2 atom stereocenters. The fourth-order valence-electron chi connectivity index (χ4n) is 5.03. The largest absolute Gasteiger partial charge is 0.312 e. The lowest BCUT2D eigenvalue weighted by atomic mass is 10.1. The average Bonchev–Trinajstić information content (AvgIpc) is 3.11. The Kier molecular flexibility index (Phi) is 6.41. The minimum atomic E-state index is -3.35. The molecule has 2 aliphatic heterocycles. The molecule has 3 heterocycles. The number of pyridine rings is 1. The highest BCUT2D eigenvalue weighted by atomic mass is 32.2. The zero-order valence-corrected chi connectivity index (χ0v) is 19.0. The molecule has 2 aromatic rings. The first-order valence-corrected chi connectivity index (χ1v) is 12.6. The molecule has 1 aromatic carbocycles. The molecule has 166 valence electrons. The maximum atomic E-state index is 12.7. The van der Waals surface area contributed by atoms with Crippen LogP contribution in [0.15, 0.2) is 48.8 Å². The van der Waals surface area contributed by atoms with Gasteiger partial charge in [-0.15, -0.1) is 0 Å². The molecular formula is C23H30N4O3S. The van der Waals surface area contributed by atoms with E-state index >= 15 is 0 Å². The highest BCUT2D eigenvalue weighted by Gasteiger charge is 2.40. The summed E-state index contributed by atoms with van der Waals surface area (Å²) >= 11 is 0. The summed E-state index contributed by atoms with van der Waals surface area (Å²) in [4.78, 5) is 20.7. The predicted molar refractivity (Wildman–Crippen MR) is 121 cm³/mol. The van der Waals surface area contributed by atoms with Crippen LogP contribution in [0.5, 0.6) is 0 Å². The molecule has 0 unspecified atom stereocenters. The number of benzene rings is 1. The first kappa shape index (κ1) is 21.9. The topological polar surface area (TPSA) is 73.8 Å². The van der Waals surface area contributed by atoms with E-state index in [4.69, 9.17) is 0 Å². The smallest absolute Gasteiger partial charge is 0.223 e. The van der Waals surface area contributed by atoms with Crippen LogP contribution in [0.2, 0.25) is 0 Å². The van der Waals surface area contributed by atoms with E-state index in [1.807, 2.05) is 30.3 Å². The number of amides is 1. The molecule has 2 bridgehead atoms. The van der Waals surface area contributed by atoms with Gasteiger partial charge < -0.3 is 4.90 Å². The van der Waals surface area contributed by atoms with E-state index < -0.39 is 10.0 Å². The Morgan fingerprint density at radius 2 is 1.77 bits per heavy atom. The van der Waals surface area contributed by atoms with E-state index in [1.54, 1.807) is 28.5 Å². The Morgan fingerprint density at radius 3 is 2.48 bits per heavy atom. The van der Waals surface area contributed by atoms with Crippen LogP contribution in [-0.2, 0) is 27.9 Å². The van der Waals surface area contributed by atoms with Gasteiger partial charge in [0.05, 0.1) is 6.26 Å². The van der Waals surface area contributed by atoms with E-state index in [2.05, 4.69) is 16.0 Å². The Balaban J connectivity index is 1.75. The van der Waals surface area contributed by atoms with Crippen molar-refractivity contribution in [2.75, 3.05) is 24.2 Å². The second-order valence-electron chi connectivity index (χ2n) is 8.59. The van der Waals surface area contributed by atoms with Gasteiger partial charge in [0, 0.05) is 63.3 Å². The zero-order valence-electron chi connectivity index (χ0n) is 18.1. The minimum Gasteiger partial charge on any atom is -0.312 e. The average molecular weight is 443 g/mol. The molecule has 1 amide bonds. The third-order valence-electron chi connectivity index (χ3n) is 6.30. The molecule has 31 heavy (non-hydrogen) atoms. The summed E-state index contributed by atoms with van der Waals surface area (Å²) in [6.45, 7) is 4.08. The van der Waals surface area contributed by atoms with Crippen molar-refractivity contribution in [2.24, 2.45) is 0 Å². The zero-order chi connectivity index (χ0) is 22.0. The molecule has 0 N–H and O–H groups in total. The van der Waals surface area contributed by atoms with Gasteiger partial charge in [-0.25, -0.2) is 8.42 Å². The molecule has 0 spiro atoms. The van der Waals surface area contributed by atoms with Crippen LogP contribution in [-0.4, -0.2) is 59.9 Å². The number of hydrogen-bond acceptors (Lipinski definition) is 5. The summed E-state index contributed by atoms with van der Waals surface area (Å²) in [6.07, 6.45) is 7.17. The van der Waals surface area contributed by atoms with Crippen LogP contribution >= 0.6 is 0 Å². The Morgan fingerprint density at radius 1 is 1.06 bits per heavy atom. The number of rotatable bonds is 3. The van der Waals surface area contributed by atoms with Crippen LogP contribution in [0.4, 0.5) is 5.69 Å². The molecule has 7 nitrogen and oxygen atoms in total. The van der Waals surface area contributed by atoms with Gasteiger partial charge in [-0.3, -0.25) is 14.7 Å². The minimum absolute atomic E-state index is 0.0205. The standard InChI is InChI=1S/C23H30N4O3S/c1-18(28)26-14-11-21-7-8-22(27(21)31(2,29)30)17-25(15-19-9-12-24-13-10-19)16-20-5-3-4-6-23(20)26/h3-6,9-10,12-13,21-22H,7-8,11,14-17H2,1-2H3/t21-,22+/m1/s1. The lowest BCUT2D eigenvalue weighted by Crippen LogP contribution is -2.46.